The van der Waals surface area contributed by atoms with Crippen LogP contribution in [-0.4, -0.2) is 32.8 Å². The predicted octanol–water partition coefficient (Wildman–Crippen LogP) is 3.36. The second-order valence-corrected chi connectivity index (χ2v) is 7.51. The number of methoxy groups -OCH3 is 1. The van der Waals surface area contributed by atoms with Gasteiger partial charge in [-0.2, -0.15) is 9.78 Å². The molecule has 0 radical (unpaired) electrons. The van der Waals surface area contributed by atoms with Gasteiger partial charge in [0.05, 0.1) is 19.1 Å². The third-order valence-electron chi connectivity index (χ3n) is 5.44. The van der Waals surface area contributed by atoms with Crippen LogP contribution in [-0.2, 0) is 12.8 Å². The van der Waals surface area contributed by atoms with Crippen molar-refractivity contribution in [2.24, 2.45) is 0 Å². The van der Waals surface area contributed by atoms with Crippen LogP contribution in [0.2, 0.25) is 0 Å². The number of nitrogens with zero attached hydrogens (tertiary/aromatic N) is 3. The van der Waals surface area contributed by atoms with E-state index in [1.165, 1.54) is 4.68 Å². The van der Waals surface area contributed by atoms with E-state index < -0.39 is 0 Å². The first-order valence-electron chi connectivity index (χ1n) is 10.3. The highest BCUT2D eigenvalue weighted by atomic mass is 16.5. The highest BCUT2D eigenvalue weighted by Crippen LogP contribution is 2.25. The minimum absolute atomic E-state index is 0.176. The number of carbonyl (C=O) groups excluding carboxylic acids is 1. The van der Waals surface area contributed by atoms with Crippen LogP contribution in [0.25, 0.3) is 17.4 Å². The SMILES string of the molecule is COc1cccc(C(=O)Nc2cc(-c3ccco3)nn2-c2nc3c(c(=O)[nH]2)CCCC3)c1. The highest BCUT2D eigenvalue weighted by Gasteiger charge is 2.21. The summed E-state index contributed by atoms with van der Waals surface area (Å²) in [6.45, 7) is 0. The Kier molecular flexibility index (Phi) is 5.06. The molecule has 0 aliphatic heterocycles. The number of furan rings is 1. The lowest BCUT2D eigenvalue weighted by atomic mass is 9.97. The van der Waals surface area contributed by atoms with Crippen LogP contribution in [0, 0.1) is 0 Å². The number of aromatic amines is 1. The lowest BCUT2D eigenvalue weighted by Crippen LogP contribution is -2.24. The average Bonchev–Trinajstić information content (AvgIpc) is 3.49. The Morgan fingerprint density at radius 1 is 1.19 bits per heavy atom. The molecule has 1 aliphatic carbocycles. The molecule has 32 heavy (non-hydrogen) atoms. The summed E-state index contributed by atoms with van der Waals surface area (Å²) < 4.78 is 12.1. The molecular formula is C23H21N5O4. The van der Waals surface area contributed by atoms with Gasteiger partial charge in [-0.05, 0) is 56.0 Å². The first kappa shape index (κ1) is 19.8. The molecule has 1 amide bonds. The second kappa shape index (κ2) is 8.18. The van der Waals surface area contributed by atoms with Crippen LogP contribution in [0.15, 0.2) is 57.9 Å². The maximum atomic E-state index is 12.9. The predicted molar refractivity (Wildman–Crippen MR) is 117 cm³/mol. The quantitative estimate of drug-likeness (QED) is 0.501. The van der Waals surface area contributed by atoms with Crippen molar-refractivity contribution in [2.45, 2.75) is 25.7 Å². The number of rotatable bonds is 5. The molecule has 0 spiro atoms. The average molecular weight is 431 g/mol. The summed E-state index contributed by atoms with van der Waals surface area (Å²) >= 11 is 0. The summed E-state index contributed by atoms with van der Waals surface area (Å²) in [6, 6.07) is 12.0. The molecule has 0 unspecified atom stereocenters. The zero-order valence-electron chi connectivity index (χ0n) is 17.4. The smallest absolute Gasteiger partial charge is 0.256 e. The molecule has 3 aromatic heterocycles. The van der Waals surface area contributed by atoms with E-state index in [9.17, 15) is 9.59 Å². The summed E-state index contributed by atoms with van der Waals surface area (Å²) in [7, 11) is 1.54. The number of fused-ring (bicyclic) bond motifs is 1. The van der Waals surface area contributed by atoms with Gasteiger partial charge in [-0.1, -0.05) is 6.07 Å². The van der Waals surface area contributed by atoms with E-state index >= 15 is 0 Å². The van der Waals surface area contributed by atoms with E-state index in [0.29, 0.717) is 35.0 Å². The Bertz CT molecular complexity index is 1340. The number of anilines is 1. The maximum Gasteiger partial charge on any atom is 0.256 e. The number of aromatic nitrogens is 4. The van der Waals surface area contributed by atoms with Gasteiger partial charge in [-0.3, -0.25) is 14.6 Å². The minimum atomic E-state index is -0.351. The van der Waals surface area contributed by atoms with Gasteiger partial charge >= 0.3 is 0 Å². The van der Waals surface area contributed by atoms with Crippen LogP contribution in [0.4, 0.5) is 5.82 Å². The topological polar surface area (TPSA) is 115 Å². The van der Waals surface area contributed by atoms with E-state index in [-0.39, 0.29) is 17.4 Å². The third-order valence-corrected chi connectivity index (χ3v) is 5.44. The van der Waals surface area contributed by atoms with Crippen molar-refractivity contribution < 1.29 is 13.9 Å². The largest absolute Gasteiger partial charge is 0.497 e. The second-order valence-electron chi connectivity index (χ2n) is 7.51. The number of benzene rings is 1. The fraction of sp³-hybridized carbons (Fsp3) is 0.217. The summed E-state index contributed by atoms with van der Waals surface area (Å²) in [6.07, 6.45) is 4.96. The van der Waals surface area contributed by atoms with Crippen LogP contribution in [0.1, 0.15) is 34.5 Å². The number of amides is 1. The molecule has 2 N–H and O–H groups in total. The first-order valence-corrected chi connectivity index (χ1v) is 10.3. The lowest BCUT2D eigenvalue weighted by Gasteiger charge is -2.15. The van der Waals surface area contributed by atoms with Crippen molar-refractivity contribution >= 4 is 11.7 Å². The van der Waals surface area contributed by atoms with Crippen molar-refractivity contribution in [3.8, 4) is 23.2 Å². The van der Waals surface area contributed by atoms with E-state index in [2.05, 4.69) is 20.4 Å². The summed E-state index contributed by atoms with van der Waals surface area (Å²) in [5, 5.41) is 7.41. The van der Waals surface area contributed by atoms with Gasteiger partial charge in [-0.15, -0.1) is 0 Å². The summed E-state index contributed by atoms with van der Waals surface area (Å²) in [4.78, 5) is 33.1. The van der Waals surface area contributed by atoms with Crippen LogP contribution < -0.4 is 15.6 Å². The molecule has 0 atom stereocenters. The van der Waals surface area contributed by atoms with Crippen LogP contribution in [0.5, 0.6) is 5.75 Å². The first-order chi connectivity index (χ1) is 15.6. The van der Waals surface area contributed by atoms with Gasteiger partial charge < -0.3 is 14.5 Å². The molecule has 3 heterocycles. The maximum absolute atomic E-state index is 12.9. The normalized spacial score (nSPS) is 12.9. The summed E-state index contributed by atoms with van der Waals surface area (Å²) in [5.74, 6) is 1.35. The van der Waals surface area contributed by atoms with Crippen molar-refractivity contribution in [1.82, 2.24) is 19.7 Å². The number of hydrogen-bond acceptors (Lipinski definition) is 6. The zero-order chi connectivity index (χ0) is 22.1. The molecule has 0 saturated heterocycles. The monoisotopic (exact) mass is 431 g/mol. The number of H-pyrrole nitrogens is 1. The van der Waals surface area contributed by atoms with Gasteiger partial charge in [0.25, 0.3) is 11.5 Å². The molecule has 9 nitrogen and oxygen atoms in total. The van der Waals surface area contributed by atoms with Crippen molar-refractivity contribution in [2.75, 3.05) is 12.4 Å². The number of nitrogens with one attached hydrogen (secondary N) is 2. The number of hydrogen-bond donors (Lipinski definition) is 2. The van der Waals surface area contributed by atoms with Crippen molar-refractivity contribution in [3.63, 3.8) is 0 Å². The Labute approximate surface area is 183 Å². The zero-order valence-corrected chi connectivity index (χ0v) is 17.4. The molecule has 0 saturated carbocycles. The molecule has 162 valence electrons. The highest BCUT2D eigenvalue weighted by molar-refractivity contribution is 6.04. The molecule has 0 bridgehead atoms. The van der Waals surface area contributed by atoms with E-state index in [1.807, 2.05) is 0 Å². The molecule has 0 fully saturated rings. The Hall–Kier alpha value is -4.14. The lowest BCUT2D eigenvalue weighted by molar-refractivity contribution is 0.102. The van der Waals surface area contributed by atoms with Crippen LogP contribution in [0.3, 0.4) is 0 Å². The number of ether oxygens (including phenoxy) is 1. The van der Waals surface area contributed by atoms with Crippen LogP contribution >= 0.6 is 0 Å². The van der Waals surface area contributed by atoms with E-state index in [0.717, 1.165) is 30.5 Å². The number of aryl methyl sites for hydroxylation is 1. The Morgan fingerprint density at radius 3 is 2.88 bits per heavy atom. The molecule has 1 aromatic carbocycles. The van der Waals surface area contributed by atoms with Crippen molar-refractivity contribution in [3.05, 3.63) is 75.9 Å². The minimum Gasteiger partial charge on any atom is -0.497 e. The Morgan fingerprint density at radius 2 is 2.06 bits per heavy atom. The summed E-state index contributed by atoms with van der Waals surface area (Å²) in [5.41, 5.74) is 2.24. The standard InChI is InChI=1S/C23H21N5O4/c1-31-15-7-4-6-14(12-15)21(29)25-20-13-18(19-10-5-11-32-19)27-28(20)23-24-17-9-3-2-8-16(17)22(30)26-23/h4-7,10-13H,2-3,8-9H2,1H3,(H,25,29)(H,24,26,30). The Balaban J connectivity index is 1.57. The van der Waals surface area contributed by atoms with Gasteiger partial charge in [0.2, 0.25) is 5.95 Å². The molecular weight excluding hydrogens is 410 g/mol. The molecule has 5 rings (SSSR count). The fourth-order valence-electron chi connectivity index (χ4n) is 3.82. The number of carbonyl (C=O) groups is 1. The fourth-order valence-corrected chi connectivity index (χ4v) is 3.82. The van der Waals surface area contributed by atoms with E-state index in [4.69, 9.17) is 9.15 Å². The van der Waals surface area contributed by atoms with E-state index in [1.54, 1.807) is 55.8 Å². The van der Waals surface area contributed by atoms with Gasteiger partial charge in [-0.25, -0.2) is 4.98 Å². The van der Waals surface area contributed by atoms with Crippen molar-refractivity contribution in [1.29, 1.82) is 0 Å². The van der Waals surface area contributed by atoms with Gasteiger partial charge in [0.15, 0.2) is 5.76 Å². The molecule has 1 aliphatic rings. The third kappa shape index (κ3) is 3.68. The van der Waals surface area contributed by atoms with Gasteiger partial charge in [0, 0.05) is 17.2 Å². The van der Waals surface area contributed by atoms with Gasteiger partial charge in [0.1, 0.15) is 17.3 Å². The molecule has 9 heteroatoms. The molecule has 4 aromatic rings.